The standard InChI is InChI=1S/C18H27N3O4S/c1-11(2)8-16(15-4-3-6-20-15)21-18(22)14-10-13(26(19,23)24)9-12-5-7-25-17(12)14/h9-11,15-16,20H,3-8H2,1-2H3,(H,21,22)(H2,19,23,24). The van der Waals surface area contributed by atoms with Gasteiger partial charge in [0.25, 0.3) is 5.91 Å². The van der Waals surface area contributed by atoms with Gasteiger partial charge in [0, 0.05) is 18.5 Å². The van der Waals surface area contributed by atoms with E-state index in [4.69, 9.17) is 9.88 Å². The van der Waals surface area contributed by atoms with Crippen molar-refractivity contribution in [2.75, 3.05) is 13.2 Å². The lowest BCUT2D eigenvalue weighted by Crippen LogP contribution is -2.48. The van der Waals surface area contributed by atoms with Gasteiger partial charge >= 0.3 is 0 Å². The van der Waals surface area contributed by atoms with Gasteiger partial charge in [-0.2, -0.15) is 0 Å². The minimum absolute atomic E-state index is 0.0137. The van der Waals surface area contributed by atoms with E-state index in [0.717, 1.165) is 25.8 Å². The number of carbonyl (C=O) groups excluding carboxylic acids is 1. The first-order valence-corrected chi connectivity index (χ1v) is 10.7. The van der Waals surface area contributed by atoms with E-state index in [1.54, 1.807) is 0 Å². The van der Waals surface area contributed by atoms with Crippen molar-refractivity contribution in [3.05, 3.63) is 23.3 Å². The number of hydrogen-bond acceptors (Lipinski definition) is 5. The molecule has 2 aliphatic heterocycles. The molecule has 26 heavy (non-hydrogen) atoms. The smallest absolute Gasteiger partial charge is 0.255 e. The first-order chi connectivity index (χ1) is 12.3. The Kier molecular flexibility index (Phi) is 5.55. The lowest BCUT2D eigenvalue weighted by molar-refractivity contribution is 0.0919. The van der Waals surface area contributed by atoms with E-state index in [9.17, 15) is 13.2 Å². The molecule has 144 valence electrons. The third kappa shape index (κ3) is 4.19. The summed E-state index contributed by atoms with van der Waals surface area (Å²) in [5, 5.41) is 11.8. The Hall–Kier alpha value is -1.64. The summed E-state index contributed by atoms with van der Waals surface area (Å²) >= 11 is 0. The predicted octanol–water partition coefficient (Wildman–Crippen LogP) is 1.17. The number of primary sulfonamides is 1. The van der Waals surface area contributed by atoms with Gasteiger partial charge < -0.3 is 15.4 Å². The molecule has 0 aliphatic carbocycles. The summed E-state index contributed by atoms with van der Waals surface area (Å²) < 4.78 is 29.2. The van der Waals surface area contributed by atoms with E-state index in [-0.39, 0.29) is 28.4 Å². The van der Waals surface area contributed by atoms with Gasteiger partial charge in [-0.25, -0.2) is 13.6 Å². The van der Waals surface area contributed by atoms with Crippen LogP contribution in [0.15, 0.2) is 17.0 Å². The molecule has 0 spiro atoms. The number of fused-ring (bicyclic) bond motifs is 1. The fourth-order valence-electron chi connectivity index (χ4n) is 3.74. The van der Waals surface area contributed by atoms with Crippen LogP contribution in [0.4, 0.5) is 0 Å². The van der Waals surface area contributed by atoms with Crippen molar-refractivity contribution in [1.82, 2.24) is 10.6 Å². The first kappa shape index (κ1) is 19.1. The SMILES string of the molecule is CC(C)CC(NC(=O)c1cc(S(N)(=O)=O)cc2c1OCC2)C1CCCN1. The van der Waals surface area contributed by atoms with E-state index < -0.39 is 10.0 Å². The van der Waals surface area contributed by atoms with Crippen LogP contribution >= 0.6 is 0 Å². The van der Waals surface area contributed by atoms with Crippen molar-refractivity contribution in [2.24, 2.45) is 11.1 Å². The highest BCUT2D eigenvalue weighted by Gasteiger charge is 2.30. The molecular weight excluding hydrogens is 354 g/mol. The summed E-state index contributed by atoms with van der Waals surface area (Å²) in [6.07, 6.45) is 3.53. The molecule has 0 aromatic heterocycles. The molecule has 8 heteroatoms. The molecule has 1 aromatic rings. The maximum atomic E-state index is 13.0. The van der Waals surface area contributed by atoms with Crippen LogP contribution in [0.3, 0.4) is 0 Å². The predicted molar refractivity (Wildman–Crippen MR) is 98.7 cm³/mol. The zero-order valence-corrected chi connectivity index (χ0v) is 16.1. The van der Waals surface area contributed by atoms with Crippen LogP contribution in [-0.4, -0.2) is 39.6 Å². The number of rotatable bonds is 6. The molecule has 1 saturated heterocycles. The molecule has 1 aromatic carbocycles. The van der Waals surface area contributed by atoms with Crippen molar-refractivity contribution < 1.29 is 17.9 Å². The summed E-state index contributed by atoms with van der Waals surface area (Å²) in [6.45, 7) is 5.63. The molecule has 2 unspecified atom stereocenters. The Bertz CT molecular complexity index is 786. The summed E-state index contributed by atoms with van der Waals surface area (Å²) in [5.74, 6) is 0.589. The molecule has 0 radical (unpaired) electrons. The Labute approximate surface area is 154 Å². The number of sulfonamides is 1. The minimum Gasteiger partial charge on any atom is -0.492 e. The first-order valence-electron chi connectivity index (χ1n) is 9.12. The highest BCUT2D eigenvalue weighted by molar-refractivity contribution is 7.89. The second kappa shape index (κ2) is 7.54. The van der Waals surface area contributed by atoms with Crippen LogP contribution in [-0.2, 0) is 16.4 Å². The van der Waals surface area contributed by atoms with Gasteiger partial charge in [0.1, 0.15) is 5.75 Å². The number of ether oxygens (including phenoxy) is 1. The maximum Gasteiger partial charge on any atom is 0.255 e. The van der Waals surface area contributed by atoms with Crippen molar-refractivity contribution in [2.45, 2.75) is 56.5 Å². The molecule has 7 nitrogen and oxygen atoms in total. The molecule has 0 saturated carbocycles. The van der Waals surface area contributed by atoms with Crippen LogP contribution in [0.2, 0.25) is 0 Å². The summed E-state index contributed by atoms with van der Waals surface area (Å²) in [5.41, 5.74) is 0.955. The van der Waals surface area contributed by atoms with E-state index in [2.05, 4.69) is 24.5 Å². The highest BCUT2D eigenvalue weighted by atomic mass is 32.2. The molecule has 3 rings (SSSR count). The van der Waals surface area contributed by atoms with Gasteiger partial charge in [-0.1, -0.05) is 13.8 Å². The quantitative estimate of drug-likeness (QED) is 0.685. The van der Waals surface area contributed by atoms with E-state index in [1.807, 2.05) is 0 Å². The van der Waals surface area contributed by atoms with Crippen LogP contribution in [0, 0.1) is 5.92 Å². The fourth-order valence-corrected chi connectivity index (χ4v) is 4.33. The van der Waals surface area contributed by atoms with Gasteiger partial charge in [0.05, 0.1) is 17.1 Å². The number of nitrogens with one attached hydrogen (secondary N) is 2. The average molecular weight is 381 g/mol. The fraction of sp³-hybridized carbons (Fsp3) is 0.611. The van der Waals surface area contributed by atoms with Gasteiger partial charge in [0.2, 0.25) is 10.0 Å². The Morgan fingerprint density at radius 1 is 1.42 bits per heavy atom. The highest BCUT2D eigenvalue weighted by Crippen LogP contribution is 2.32. The topological polar surface area (TPSA) is 111 Å². The van der Waals surface area contributed by atoms with Crippen LogP contribution in [0.25, 0.3) is 0 Å². The average Bonchev–Trinajstić information content (AvgIpc) is 3.23. The summed E-state index contributed by atoms with van der Waals surface area (Å²) in [4.78, 5) is 12.9. The minimum atomic E-state index is -3.89. The monoisotopic (exact) mass is 381 g/mol. The molecule has 4 N–H and O–H groups in total. The van der Waals surface area contributed by atoms with Crippen LogP contribution in [0.1, 0.15) is 49.0 Å². The largest absolute Gasteiger partial charge is 0.492 e. The number of amides is 1. The van der Waals surface area contributed by atoms with Crippen molar-refractivity contribution in [1.29, 1.82) is 0 Å². The summed E-state index contributed by atoms with van der Waals surface area (Å²) in [7, 11) is -3.89. The zero-order chi connectivity index (χ0) is 18.9. The molecule has 1 fully saturated rings. The number of nitrogens with two attached hydrogens (primary N) is 1. The normalized spacial score (nSPS) is 20.7. The van der Waals surface area contributed by atoms with Crippen molar-refractivity contribution in [3.63, 3.8) is 0 Å². The Morgan fingerprint density at radius 2 is 2.19 bits per heavy atom. The van der Waals surface area contributed by atoms with E-state index in [0.29, 0.717) is 30.3 Å². The Morgan fingerprint density at radius 3 is 2.81 bits per heavy atom. The lowest BCUT2D eigenvalue weighted by atomic mass is 9.95. The summed E-state index contributed by atoms with van der Waals surface area (Å²) in [6, 6.07) is 3.04. The maximum absolute atomic E-state index is 13.0. The van der Waals surface area contributed by atoms with Gasteiger partial charge in [0.15, 0.2) is 0 Å². The number of benzene rings is 1. The second-order valence-electron chi connectivity index (χ2n) is 7.51. The molecule has 0 bridgehead atoms. The third-order valence-corrected chi connectivity index (χ3v) is 5.85. The van der Waals surface area contributed by atoms with E-state index >= 15 is 0 Å². The number of carbonyl (C=O) groups is 1. The zero-order valence-electron chi connectivity index (χ0n) is 15.2. The molecule has 1 amide bonds. The van der Waals surface area contributed by atoms with E-state index in [1.165, 1.54) is 12.1 Å². The van der Waals surface area contributed by atoms with Crippen LogP contribution < -0.4 is 20.5 Å². The number of hydrogen-bond donors (Lipinski definition) is 3. The van der Waals surface area contributed by atoms with Gasteiger partial charge in [-0.05, 0) is 49.4 Å². The second-order valence-corrected chi connectivity index (χ2v) is 9.08. The molecule has 2 heterocycles. The molecular formula is C18H27N3O4S. The molecule has 2 atom stereocenters. The van der Waals surface area contributed by atoms with Crippen molar-refractivity contribution >= 4 is 15.9 Å². The van der Waals surface area contributed by atoms with Gasteiger partial charge in [-0.15, -0.1) is 0 Å². The molecule has 2 aliphatic rings. The lowest BCUT2D eigenvalue weighted by Gasteiger charge is -2.27. The van der Waals surface area contributed by atoms with Crippen molar-refractivity contribution in [3.8, 4) is 5.75 Å². The Balaban J connectivity index is 1.89. The third-order valence-electron chi connectivity index (χ3n) is 4.96. The van der Waals surface area contributed by atoms with Gasteiger partial charge in [-0.3, -0.25) is 4.79 Å². The van der Waals surface area contributed by atoms with Crippen LogP contribution in [0.5, 0.6) is 5.75 Å².